The lowest BCUT2D eigenvalue weighted by molar-refractivity contribution is 0.0294. The standard InChI is InChI=1S/C22H31N5O/c1-15(2)24-22(28)23-13-18-11-17-9-10-27(18)14-19(17)21-12-20(25-26(21)3)16-7-5-4-6-8-16/h4-8,12,15,17-19H,9-11,13-14H2,1-3H3,(H2,23,24,28). The molecule has 5 rings (SSSR count). The fourth-order valence-electron chi connectivity index (χ4n) is 4.79. The Bertz CT molecular complexity index is 816. The van der Waals surface area contributed by atoms with Crippen molar-refractivity contribution < 1.29 is 4.79 Å². The van der Waals surface area contributed by atoms with Gasteiger partial charge in [0, 0.05) is 49.4 Å². The fraction of sp³-hybridized carbons (Fsp3) is 0.545. The molecule has 2 bridgehead atoms. The van der Waals surface area contributed by atoms with E-state index in [4.69, 9.17) is 5.10 Å². The molecule has 2 aromatic rings. The van der Waals surface area contributed by atoms with E-state index in [-0.39, 0.29) is 12.1 Å². The van der Waals surface area contributed by atoms with Crippen LogP contribution in [0.5, 0.6) is 0 Å². The maximum atomic E-state index is 11.9. The van der Waals surface area contributed by atoms with E-state index in [1.54, 1.807) is 0 Å². The molecule has 0 aliphatic carbocycles. The van der Waals surface area contributed by atoms with E-state index in [0.717, 1.165) is 31.7 Å². The summed E-state index contributed by atoms with van der Waals surface area (Å²) in [6.07, 6.45) is 2.36. The van der Waals surface area contributed by atoms with Crippen LogP contribution in [0.15, 0.2) is 36.4 Å². The van der Waals surface area contributed by atoms with Crippen LogP contribution in [0.2, 0.25) is 0 Å². The van der Waals surface area contributed by atoms with Gasteiger partial charge in [-0.15, -0.1) is 0 Å². The smallest absolute Gasteiger partial charge is 0.315 e. The Balaban J connectivity index is 1.42. The van der Waals surface area contributed by atoms with Crippen molar-refractivity contribution in [1.29, 1.82) is 0 Å². The first-order valence-corrected chi connectivity index (χ1v) is 10.4. The van der Waals surface area contributed by atoms with Gasteiger partial charge in [-0.05, 0) is 45.2 Å². The van der Waals surface area contributed by atoms with E-state index in [1.807, 2.05) is 19.9 Å². The Morgan fingerprint density at radius 3 is 2.75 bits per heavy atom. The van der Waals surface area contributed by atoms with E-state index < -0.39 is 0 Å². The number of amides is 2. The Labute approximate surface area is 167 Å². The Morgan fingerprint density at radius 2 is 2.07 bits per heavy atom. The number of hydrogen-bond donors (Lipinski definition) is 2. The molecule has 4 unspecified atom stereocenters. The van der Waals surface area contributed by atoms with Gasteiger partial charge in [-0.1, -0.05) is 30.3 Å². The molecule has 3 fully saturated rings. The average molecular weight is 382 g/mol. The average Bonchev–Trinajstić information content (AvgIpc) is 3.08. The quantitative estimate of drug-likeness (QED) is 0.837. The molecule has 2 amide bonds. The molecule has 3 aliphatic rings. The van der Waals surface area contributed by atoms with Crippen molar-refractivity contribution in [2.24, 2.45) is 13.0 Å². The van der Waals surface area contributed by atoms with E-state index >= 15 is 0 Å². The lowest BCUT2D eigenvalue weighted by atomic mass is 9.74. The molecule has 1 aromatic heterocycles. The first kappa shape index (κ1) is 19.0. The number of urea groups is 1. The number of carbonyl (C=O) groups excluding carboxylic acids is 1. The van der Waals surface area contributed by atoms with Crippen molar-refractivity contribution in [1.82, 2.24) is 25.3 Å². The predicted molar refractivity (Wildman–Crippen MR) is 111 cm³/mol. The minimum Gasteiger partial charge on any atom is -0.337 e. The number of benzene rings is 1. The monoisotopic (exact) mass is 381 g/mol. The minimum atomic E-state index is -0.0617. The van der Waals surface area contributed by atoms with Gasteiger partial charge in [0.15, 0.2) is 0 Å². The zero-order valence-electron chi connectivity index (χ0n) is 17.1. The third kappa shape index (κ3) is 3.92. The Kier molecular flexibility index (Phi) is 5.40. The summed E-state index contributed by atoms with van der Waals surface area (Å²) in [5.41, 5.74) is 3.56. The van der Waals surface area contributed by atoms with Crippen molar-refractivity contribution in [3.05, 3.63) is 42.1 Å². The molecule has 6 heteroatoms. The number of carbonyl (C=O) groups is 1. The SMILES string of the molecule is CC(C)NC(=O)NCC1CC2CCN1CC2c1cc(-c2ccccc2)nn1C. The molecule has 6 nitrogen and oxygen atoms in total. The topological polar surface area (TPSA) is 62.2 Å². The molecule has 0 saturated carbocycles. The maximum absolute atomic E-state index is 11.9. The number of piperidine rings is 3. The number of nitrogens with zero attached hydrogens (tertiary/aromatic N) is 3. The van der Waals surface area contributed by atoms with Crippen LogP contribution in [-0.4, -0.2) is 52.4 Å². The van der Waals surface area contributed by atoms with Crippen LogP contribution in [0.1, 0.15) is 38.3 Å². The molecule has 4 heterocycles. The van der Waals surface area contributed by atoms with Crippen LogP contribution in [0.25, 0.3) is 11.3 Å². The van der Waals surface area contributed by atoms with Crippen molar-refractivity contribution in [2.75, 3.05) is 19.6 Å². The zero-order valence-corrected chi connectivity index (χ0v) is 17.1. The van der Waals surface area contributed by atoms with E-state index in [9.17, 15) is 4.79 Å². The van der Waals surface area contributed by atoms with Crippen LogP contribution < -0.4 is 10.6 Å². The molecule has 0 radical (unpaired) electrons. The first-order valence-electron chi connectivity index (χ1n) is 10.4. The first-order chi connectivity index (χ1) is 13.5. The van der Waals surface area contributed by atoms with Crippen molar-refractivity contribution in [2.45, 2.75) is 44.7 Å². The van der Waals surface area contributed by atoms with Crippen LogP contribution in [0.3, 0.4) is 0 Å². The lowest BCUT2D eigenvalue weighted by Gasteiger charge is -2.49. The van der Waals surface area contributed by atoms with Gasteiger partial charge in [0.05, 0.1) is 5.69 Å². The Hall–Kier alpha value is -2.34. The van der Waals surface area contributed by atoms with E-state index in [1.165, 1.54) is 17.7 Å². The van der Waals surface area contributed by atoms with Gasteiger partial charge in [0.2, 0.25) is 0 Å². The number of aromatic nitrogens is 2. The van der Waals surface area contributed by atoms with E-state index in [0.29, 0.717) is 17.9 Å². The van der Waals surface area contributed by atoms with Crippen LogP contribution in [-0.2, 0) is 7.05 Å². The second kappa shape index (κ2) is 7.95. The number of nitrogens with one attached hydrogen (secondary N) is 2. The van der Waals surface area contributed by atoms with Gasteiger partial charge in [-0.3, -0.25) is 9.58 Å². The minimum absolute atomic E-state index is 0.0617. The van der Waals surface area contributed by atoms with Gasteiger partial charge >= 0.3 is 6.03 Å². The van der Waals surface area contributed by atoms with Gasteiger partial charge in [0.1, 0.15) is 0 Å². The highest BCUT2D eigenvalue weighted by atomic mass is 16.2. The van der Waals surface area contributed by atoms with Crippen LogP contribution in [0, 0.1) is 5.92 Å². The van der Waals surface area contributed by atoms with Crippen molar-refractivity contribution in [3.8, 4) is 11.3 Å². The highest BCUT2D eigenvalue weighted by Crippen LogP contribution is 2.42. The summed E-state index contributed by atoms with van der Waals surface area (Å²) in [7, 11) is 2.06. The summed E-state index contributed by atoms with van der Waals surface area (Å²) in [4.78, 5) is 14.5. The second-order valence-corrected chi connectivity index (χ2v) is 8.49. The highest BCUT2D eigenvalue weighted by Gasteiger charge is 2.41. The molecule has 3 aliphatic heterocycles. The second-order valence-electron chi connectivity index (χ2n) is 8.49. The van der Waals surface area contributed by atoms with Crippen molar-refractivity contribution >= 4 is 6.03 Å². The summed E-state index contributed by atoms with van der Waals surface area (Å²) < 4.78 is 2.07. The van der Waals surface area contributed by atoms with Gasteiger partial charge in [-0.25, -0.2) is 4.79 Å². The molecular weight excluding hydrogens is 350 g/mol. The van der Waals surface area contributed by atoms with Gasteiger partial charge < -0.3 is 10.6 Å². The lowest BCUT2D eigenvalue weighted by Crippen LogP contribution is -2.57. The van der Waals surface area contributed by atoms with Crippen LogP contribution >= 0.6 is 0 Å². The maximum Gasteiger partial charge on any atom is 0.315 e. The molecule has 4 atom stereocenters. The molecule has 0 spiro atoms. The Morgan fingerprint density at radius 1 is 1.29 bits per heavy atom. The third-order valence-electron chi connectivity index (χ3n) is 6.16. The highest BCUT2D eigenvalue weighted by molar-refractivity contribution is 5.74. The normalized spacial score (nSPS) is 26.4. The van der Waals surface area contributed by atoms with Gasteiger partial charge in [-0.2, -0.15) is 5.10 Å². The molecule has 3 saturated heterocycles. The molecule has 150 valence electrons. The summed E-state index contributed by atoms with van der Waals surface area (Å²) in [6.45, 7) is 6.86. The predicted octanol–water partition coefficient (Wildman–Crippen LogP) is 2.97. The molecular formula is C22H31N5O. The summed E-state index contributed by atoms with van der Waals surface area (Å²) in [5.74, 6) is 1.17. The summed E-state index contributed by atoms with van der Waals surface area (Å²) >= 11 is 0. The largest absolute Gasteiger partial charge is 0.337 e. The number of aryl methyl sites for hydroxylation is 1. The number of rotatable bonds is 5. The molecule has 2 N–H and O–H groups in total. The number of fused-ring (bicyclic) bond motifs is 3. The number of hydrogen-bond acceptors (Lipinski definition) is 3. The third-order valence-corrected chi connectivity index (χ3v) is 6.16. The summed E-state index contributed by atoms with van der Waals surface area (Å²) in [6, 6.07) is 13.2. The molecule has 28 heavy (non-hydrogen) atoms. The fourth-order valence-corrected chi connectivity index (χ4v) is 4.79. The summed E-state index contributed by atoms with van der Waals surface area (Å²) in [5, 5.41) is 10.7. The van der Waals surface area contributed by atoms with Crippen molar-refractivity contribution in [3.63, 3.8) is 0 Å². The molecule has 1 aromatic carbocycles. The van der Waals surface area contributed by atoms with Crippen LogP contribution in [0.4, 0.5) is 4.79 Å². The van der Waals surface area contributed by atoms with E-state index in [2.05, 4.69) is 57.6 Å². The zero-order chi connectivity index (χ0) is 19.7. The van der Waals surface area contributed by atoms with Gasteiger partial charge in [0.25, 0.3) is 0 Å².